The van der Waals surface area contributed by atoms with Gasteiger partial charge in [-0.2, -0.15) is 13.2 Å². The lowest BCUT2D eigenvalue weighted by atomic mass is 10.1. The molecule has 0 saturated heterocycles. The number of carbonyl (C=O) groups is 2. The van der Waals surface area contributed by atoms with E-state index in [1.54, 1.807) is 17.4 Å². The topological polar surface area (TPSA) is 61.4 Å². The summed E-state index contributed by atoms with van der Waals surface area (Å²) in [5.41, 5.74) is 0.852. The van der Waals surface area contributed by atoms with Gasteiger partial charge in [0, 0.05) is 17.1 Å². The number of hydrogen-bond donors (Lipinski definition) is 2. The van der Waals surface area contributed by atoms with Crippen LogP contribution in [-0.4, -0.2) is 42.1 Å². The van der Waals surface area contributed by atoms with E-state index in [2.05, 4.69) is 0 Å². The maximum absolute atomic E-state index is 12.1. The summed E-state index contributed by atoms with van der Waals surface area (Å²) in [6, 6.07) is 6.12. The Hall–Kier alpha value is -1.80. The van der Waals surface area contributed by atoms with Crippen LogP contribution in [0.3, 0.4) is 0 Å². The molecule has 0 aromatic heterocycles. The number of imide groups is 1. The van der Waals surface area contributed by atoms with Crippen LogP contribution in [0.2, 0.25) is 5.02 Å². The molecule has 3 amide bonds. The Balaban J connectivity index is 1.94. The molecule has 1 aliphatic carbocycles. The van der Waals surface area contributed by atoms with Crippen LogP contribution in [0.1, 0.15) is 31.4 Å². The van der Waals surface area contributed by atoms with E-state index in [4.69, 9.17) is 11.6 Å². The van der Waals surface area contributed by atoms with E-state index >= 15 is 0 Å². The van der Waals surface area contributed by atoms with Gasteiger partial charge in [-0.1, -0.05) is 29.8 Å². The number of nitrogens with zero attached hydrogens (tertiary/aromatic N) is 1. The minimum atomic E-state index is -4.53. The minimum absolute atomic E-state index is 0.101. The zero-order valence-corrected chi connectivity index (χ0v) is 14.3. The quantitative estimate of drug-likeness (QED) is 0.800. The van der Waals surface area contributed by atoms with Crippen LogP contribution >= 0.6 is 11.6 Å². The SMILES string of the molecule is CC(c1ccccc1Cl)N(CC(=O)NC(=O)NCC(F)(F)F)C1CC1. The molecular weight excluding hydrogens is 359 g/mol. The Morgan fingerprint density at radius 1 is 1.32 bits per heavy atom. The van der Waals surface area contributed by atoms with Crippen LogP contribution < -0.4 is 10.6 Å². The van der Waals surface area contributed by atoms with E-state index in [0.29, 0.717) is 5.02 Å². The molecule has 1 fully saturated rings. The first-order valence-electron chi connectivity index (χ1n) is 7.82. The first-order chi connectivity index (χ1) is 11.7. The summed E-state index contributed by atoms with van der Waals surface area (Å²) in [7, 11) is 0. The summed E-state index contributed by atoms with van der Waals surface area (Å²) < 4.78 is 36.2. The van der Waals surface area contributed by atoms with E-state index in [9.17, 15) is 22.8 Å². The Bertz CT molecular complexity index is 635. The summed E-state index contributed by atoms with van der Waals surface area (Å²) in [5, 5.41) is 4.10. The van der Waals surface area contributed by atoms with Crippen LogP contribution in [0, 0.1) is 0 Å². The van der Waals surface area contributed by atoms with Crippen molar-refractivity contribution in [1.82, 2.24) is 15.5 Å². The van der Waals surface area contributed by atoms with E-state index in [1.165, 1.54) is 0 Å². The van der Waals surface area contributed by atoms with Gasteiger partial charge >= 0.3 is 12.2 Å². The zero-order chi connectivity index (χ0) is 18.6. The lowest BCUT2D eigenvalue weighted by Crippen LogP contribution is -2.47. The number of amides is 3. The molecule has 0 radical (unpaired) electrons. The predicted octanol–water partition coefficient (Wildman–Crippen LogP) is 3.25. The van der Waals surface area contributed by atoms with Gasteiger partial charge in [0.25, 0.3) is 0 Å². The largest absolute Gasteiger partial charge is 0.405 e. The standard InChI is InChI=1S/C16H19ClF3N3O2/c1-10(12-4-2-3-5-13(12)17)23(11-6-7-11)8-14(24)22-15(25)21-9-16(18,19)20/h2-5,10-11H,6-9H2,1H3,(H2,21,22,24,25). The van der Waals surface area contributed by atoms with Crippen molar-refractivity contribution in [1.29, 1.82) is 0 Å². The molecule has 5 nitrogen and oxygen atoms in total. The second-order valence-corrected chi connectivity index (χ2v) is 6.35. The lowest BCUT2D eigenvalue weighted by Gasteiger charge is -2.29. The molecule has 0 aliphatic heterocycles. The Kier molecular flexibility index (Phi) is 6.29. The van der Waals surface area contributed by atoms with E-state index in [-0.39, 0.29) is 18.6 Å². The Labute approximate surface area is 148 Å². The summed E-state index contributed by atoms with van der Waals surface area (Å²) in [5.74, 6) is -0.662. The molecule has 1 unspecified atom stereocenters. The van der Waals surface area contributed by atoms with Crippen molar-refractivity contribution in [2.45, 2.75) is 38.0 Å². The first kappa shape index (κ1) is 19.5. The number of urea groups is 1. The maximum Gasteiger partial charge on any atom is 0.405 e. The molecule has 0 bridgehead atoms. The van der Waals surface area contributed by atoms with Crippen molar-refractivity contribution < 1.29 is 22.8 Å². The van der Waals surface area contributed by atoms with Crippen molar-refractivity contribution in [3.8, 4) is 0 Å². The smallest absolute Gasteiger partial charge is 0.329 e. The highest BCUT2D eigenvalue weighted by atomic mass is 35.5. The second-order valence-electron chi connectivity index (χ2n) is 5.95. The second kappa shape index (κ2) is 8.05. The van der Waals surface area contributed by atoms with Crippen LogP contribution in [0.15, 0.2) is 24.3 Å². The number of nitrogens with one attached hydrogen (secondary N) is 2. The molecule has 1 atom stereocenters. The molecule has 1 saturated carbocycles. The monoisotopic (exact) mass is 377 g/mol. The van der Waals surface area contributed by atoms with Gasteiger partial charge in [-0.25, -0.2) is 4.79 Å². The van der Waals surface area contributed by atoms with Gasteiger partial charge < -0.3 is 5.32 Å². The summed E-state index contributed by atoms with van der Waals surface area (Å²) in [4.78, 5) is 25.3. The third kappa shape index (κ3) is 6.21. The average Bonchev–Trinajstić information content (AvgIpc) is 3.34. The van der Waals surface area contributed by atoms with Gasteiger partial charge in [0.15, 0.2) is 0 Å². The number of hydrogen-bond acceptors (Lipinski definition) is 3. The molecule has 0 heterocycles. The summed E-state index contributed by atoms with van der Waals surface area (Å²) >= 11 is 6.20. The van der Waals surface area contributed by atoms with Gasteiger partial charge in [-0.05, 0) is 31.4 Å². The number of alkyl halides is 3. The molecule has 0 spiro atoms. The molecule has 2 rings (SSSR count). The van der Waals surface area contributed by atoms with Gasteiger partial charge in [0.1, 0.15) is 6.54 Å². The number of rotatable bonds is 6. The molecule has 1 aliphatic rings. The highest BCUT2D eigenvalue weighted by Crippen LogP contribution is 2.36. The van der Waals surface area contributed by atoms with E-state index < -0.39 is 24.7 Å². The highest BCUT2D eigenvalue weighted by Gasteiger charge is 2.35. The fourth-order valence-corrected chi connectivity index (χ4v) is 2.83. The van der Waals surface area contributed by atoms with Crippen LogP contribution in [0.5, 0.6) is 0 Å². The molecule has 1 aromatic rings. The molecule has 2 N–H and O–H groups in total. The van der Waals surface area contributed by atoms with Crippen molar-refractivity contribution in [2.24, 2.45) is 0 Å². The summed E-state index contributed by atoms with van der Waals surface area (Å²) in [6.07, 6.45) is -2.69. The normalized spacial score (nSPS) is 15.8. The zero-order valence-electron chi connectivity index (χ0n) is 13.6. The van der Waals surface area contributed by atoms with Crippen molar-refractivity contribution in [3.63, 3.8) is 0 Å². The Morgan fingerprint density at radius 3 is 2.52 bits per heavy atom. The van der Waals surface area contributed by atoms with Crippen molar-refractivity contribution >= 4 is 23.5 Å². The first-order valence-corrected chi connectivity index (χ1v) is 8.20. The van der Waals surface area contributed by atoms with Gasteiger partial charge in [-0.15, -0.1) is 0 Å². The fourth-order valence-electron chi connectivity index (χ4n) is 2.54. The van der Waals surface area contributed by atoms with E-state index in [1.807, 2.05) is 29.3 Å². The van der Waals surface area contributed by atoms with Crippen molar-refractivity contribution in [2.75, 3.05) is 13.1 Å². The minimum Gasteiger partial charge on any atom is -0.329 e. The average molecular weight is 378 g/mol. The van der Waals surface area contributed by atoms with Crippen molar-refractivity contribution in [3.05, 3.63) is 34.9 Å². The third-order valence-corrected chi connectivity index (χ3v) is 4.24. The maximum atomic E-state index is 12.1. The fraction of sp³-hybridized carbons (Fsp3) is 0.500. The van der Waals surface area contributed by atoms with E-state index in [0.717, 1.165) is 18.4 Å². The summed E-state index contributed by atoms with van der Waals surface area (Å²) in [6.45, 7) is 0.307. The van der Waals surface area contributed by atoms with Crippen LogP contribution in [0.4, 0.5) is 18.0 Å². The molecule has 138 valence electrons. The van der Waals surface area contributed by atoms with Crippen LogP contribution in [0.25, 0.3) is 0 Å². The number of carbonyl (C=O) groups excluding carboxylic acids is 2. The van der Waals surface area contributed by atoms with Gasteiger partial charge in [0.2, 0.25) is 5.91 Å². The molecular formula is C16H19ClF3N3O2. The number of benzene rings is 1. The highest BCUT2D eigenvalue weighted by molar-refractivity contribution is 6.31. The molecule has 9 heteroatoms. The predicted molar refractivity (Wildman–Crippen MR) is 87.2 cm³/mol. The molecule has 25 heavy (non-hydrogen) atoms. The van der Waals surface area contributed by atoms with Crippen LogP contribution in [-0.2, 0) is 4.79 Å². The number of halogens is 4. The Morgan fingerprint density at radius 2 is 1.96 bits per heavy atom. The molecule has 1 aromatic carbocycles. The van der Waals surface area contributed by atoms with Gasteiger partial charge in [-0.3, -0.25) is 15.0 Å². The third-order valence-electron chi connectivity index (χ3n) is 3.90. The van der Waals surface area contributed by atoms with Gasteiger partial charge in [0.05, 0.1) is 6.54 Å². The lowest BCUT2D eigenvalue weighted by molar-refractivity contribution is -0.125.